The molecule has 43 heavy (non-hydrogen) atoms. The van der Waals surface area contributed by atoms with E-state index < -0.39 is 35.0 Å². The van der Waals surface area contributed by atoms with Gasteiger partial charge in [-0.1, -0.05) is 18.2 Å². The van der Waals surface area contributed by atoms with E-state index in [-0.39, 0.29) is 29.9 Å². The van der Waals surface area contributed by atoms with Crippen molar-refractivity contribution in [3.8, 4) is 16.5 Å². The summed E-state index contributed by atoms with van der Waals surface area (Å²) >= 11 is 1.19. The van der Waals surface area contributed by atoms with Crippen LogP contribution in [0.5, 0.6) is 5.75 Å². The minimum absolute atomic E-state index is 0.0196. The second-order valence-electron chi connectivity index (χ2n) is 12.0. The van der Waals surface area contributed by atoms with Crippen molar-refractivity contribution >= 4 is 27.5 Å². The number of thiophene rings is 1. The number of nitrogens with zero attached hydrogens (tertiary/aromatic N) is 3. The van der Waals surface area contributed by atoms with Gasteiger partial charge in [-0.05, 0) is 69.9 Å². The zero-order valence-corrected chi connectivity index (χ0v) is 25.2. The average Bonchev–Trinajstić information content (AvgIpc) is 3.74. The number of methoxy groups -OCH3 is 1. The normalized spacial score (nSPS) is 22.6. The predicted molar refractivity (Wildman–Crippen MR) is 158 cm³/mol. The lowest BCUT2D eigenvalue weighted by atomic mass is 10.0. The molecule has 2 fully saturated rings. The number of halogens is 1. The number of hydrogen-bond acceptors (Lipinski definition) is 8. The van der Waals surface area contributed by atoms with Crippen molar-refractivity contribution in [3.63, 3.8) is 0 Å². The molecule has 0 radical (unpaired) electrons. The van der Waals surface area contributed by atoms with E-state index >= 15 is 0 Å². The quantitative estimate of drug-likeness (QED) is 0.270. The first-order valence-electron chi connectivity index (χ1n) is 14.4. The van der Waals surface area contributed by atoms with E-state index in [0.717, 1.165) is 17.4 Å². The molecule has 3 aromatic heterocycles. The maximum absolute atomic E-state index is 14.2. The largest absolute Gasteiger partial charge is 0.496 e. The summed E-state index contributed by atoms with van der Waals surface area (Å²) in [6.07, 6.45) is 3.82. The first kappa shape index (κ1) is 29.3. The second kappa shape index (κ2) is 11.1. The number of benzene rings is 1. The van der Waals surface area contributed by atoms with Crippen molar-refractivity contribution < 1.29 is 28.2 Å². The smallest absolute Gasteiger partial charge is 0.333 e. The van der Waals surface area contributed by atoms with Crippen LogP contribution in [0.15, 0.2) is 50.7 Å². The van der Waals surface area contributed by atoms with Crippen LogP contribution >= 0.6 is 11.3 Å². The van der Waals surface area contributed by atoms with Crippen molar-refractivity contribution in [3.05, 3.63) is 68.7 Å². The van der Waals surface area contributed by atoms with Crippen LogP contribution in [-0.2, 0) is 21.6 Å². The third-order valence-corrected chi connectivity index (χ3v) is 10.3. The summed E-state index contributed by atoms with van der Waals surface area (Å²) in [5.74, 6) is 0.0615. The molecule has 12 heteroatoms. The molecule has 6 rings (SSSR count). The van der Waals surface area contributed by atoms with E-state index in [0.29, 0.717) is 45.3 Å². The first-order valence-corrected chi connectivity index (χ1v) is 15.2. The highest BCUT2D eigenvalue weighted by Crippen LogP contribution is 2.47. The topological polar surface area (TPSA) is 126 Å². The molecule has 2 aliphatic carbocycles. The molecule has 10 nitrogen and oxygen atoms in total. The van der Waals surface area contributed by atoms with Crippen molar-refractivity contribution in [1.82, 2.24) is 14.1 Å². The third-order valence-electron chi connectivity index (χ3n) is 9.03. The molecule has 2 saturated carbocycles. The van der Waals surface area contributed by atoms with Crippen LogP contribution in [0, 0.1) is 18.8 Å². The number of para-hydroxylation sites is 1. The standard InChI is InChI=1S/C31H34FN3O7S/c1-16-24-27(36)35(31(2,3)29(37)38)30(39)34(28(24)43-25(16)26-33-9-10-41-26)15-23(21-7-5-6-8-22(21)40-4)42-20-13-17-11-19(32)12-18(17)14-20/h5-10,17-20,23H,11-15H2,1-4H3,(H,37,38)/t17-,18+,19?,20+,23?. The highest BCUT2D eigenvalue weighted by molar-refractivity contribution is 7.22. The van der Waals surface area contributed by atoms with Gasteiger partial charge in [0.1, 0.15) is 34.7 Å². The molecule has 0 aliphatic heterocycles. The molecule has 0 bridgehead atoms. The lowest BCUT2D eigenvalue weighted by Crippen LogP contribution is -2.52. The summed E-state index contributed by atoms with van der Waals surface area (Å²) in [4.78, 5) is 45.6. The van der Waals surface area contributed by atoms with Gasteiger partial charge >= 0.3 is 11.7 Å². The molecule has 0 saturated heterocycles. The molecular formula is C31H34FN3O7S. The number of rotatable bonds is 9. The minimum atomic E-state index is -1.84. The molecule has 4 aromatic rings. The van der Waals surface area contributed by atoms with Crippen LogP contribution < -0.4 is 16.0 Å². The molecule has 0 amide bonds. The minimum Gasteiger partial charge on any atom is -0.496 e. The van der Waals surface area contributed by atoms with Crippen LogP contribution in [0.1, 0.15) is 56.8 Å². The van der Waals surface area contributed by atoms with Gasteiger partial charge in [0.25, 0.3) is 5.56 Å². The van der Waals surface area contributed by atoms with Gasteiger partial charge < -0.3 is 19.0 Å². The van der Waals surface area contributed by atoms with Crippen molar-refractivity contribution in [2.75, 3.05) is 7.11 Å². The molecule has 3 heterocycles. The van der Waals surface area contributed by atoms with E-state index in [1.807, 2.05) is 24.3 Å². The predicted octanol–water partition coefficient (Wildman–Crippen LogP) is 5.30. The summed E-state index contributed by atoms with van der Waals surface area (Å²) in [6, 6.07) is 7.37. The third kappa shape index (κ3) is 5.00. The number of carboxylic acids is 1. The number of oxazole rings is 1. The lowest BCUT2D eigenvalue weighted by Gasteiger charge is -2.27. The van der Waals surface area contributed by atoms with E-state index in [4.69, 9.17) is 13.9 Å². The Hall–Kier alpha value is -3.77. The van der Waals surface area contributed by atoms with Crippen LogP contribution in [0.4, 0.5) is 4.39 Å². The van der Waals surface area contributed by atoms with Gasteiger partial charge in [-0.15, -0.1) is 11.3 Å². The lowest BCUT2D eigenvalue weighted by molar-refractivity contribution is -0.146. The van der Waals surface area contributed by atoms with Crippen molar-refractivity contribution in [1.29, 1.82) is 0 Å². The highest BCUT2D eigenvalue weighted by Gasteiger charge is 2.43. The fraction of sp³-hybridized carbons (Fsp3) is 0.484. The number of aromatic nitrogens is 3. The number of carboxylic acid groups (broad SMARTS) is 1. The van der Waals surface area contributed by atoms with Crippen LogP contribution in [0.25, 0.3) is 21.0 Å². The van der Waals surface area contributed by atoms with E-state index in [1.165, 1.54) is 42.2 Å². The summed E-state index contributed by atoms with van der Waals surface area (Å²) in [6.45, 7) is 4.37. The molecular weight excluding hydrogens is 577 g/mol. The van der Waals surface area contributed by atoms with Gasteiger partial charge in [-0.3, -0.25) is 9.36 Å². The summed E-state index contributed by atoms with van der Waals surface area (Å²) in [5.41, 5.74) is -2.06. The number of ether oxygens (including phenoxy) is 2. The number of aryl methyl sites for hydroxylation is 1. The van der Waals surface area contributed by atoms with Crippen LogP contribution in [0.2, 0.25) is 0 Å². The maximum atomic E-state index is 14.2. The average molecular weight is 612 g/mol. The number of hydrogen-bond donors (Lipinski definition) is 1. The van der Waals surface area contributed by atoms with E-state index in [2.05, 4.69) is 4.98 Å². The Morgan fingerprint density at radius 3 is 2.53 bits per heavy atom. The van der Waals surface area contributed by atoms with E-state index in [9.17, 15) is 23.9 Å². The Labute approximate surface area is 250 Å². The summed E-state index contributed by atoms with van der Waals surface area (Å²) in [5, 5.41) is 10.3. The maximum Gasteiger partial charge on any atom is 0.333 e. The van der Waals surface area contributed by atoms with Gasteiger partial charge in [-0.2, -0.15) is 0 Å². The summed E-state index contributed by atoms with van der Waals surface area (Å²) < 4.78 is 34.2. The number of aliphatic carboxylic acids is 1. The Balaban J connectivity index is 1.52. The second-order valence-corrected chi connectivity index (χ2v) is 13.0. The molecule has 1 aromatic carbocycles. The fourth-order valence-corrected chi connectivity index (χ4v) is 8.02. The molecule has 2 aliphatic rings. The molecule has 1 N–H and O–H groups in total. The Morgan fingerprint density at radius 2 is 1.91 bits per heavy atom. The Bertz CT molecular complexity index is 1780. The number of carbonyl (C=O) groups is 1. The molecule has 2 unspecified atom stereocenters. The molecule has 228 valence electrons. The van der Waals surface area contributed by atoms with Gasteiger partial charge in [0.15, 0.2) is 0 Å². The number of alkyl halides is 1. The van der Waals surface area contributed by atoms with Gasteiger partial charge in [0.05, 0.1) is 36.2 Å². The zero-order chi connectivity index (χ0) is 30.6. The van der Waals surface area contributed by atoms with Gasteiger partial charge in [0, 0.05) is 5.56 Å². The van der Waals surface area contributed by atoms with Crippen LogP contribution in [0.3, 0.4) is 0 Å². The Kier molecular flexibility index (Phi) is 7.54. The molecule has 0 spiro atoms. The van der Waals surface area contributed by atoms with Crippen molar-refractivity contribution in [2.45, 2.75) is 76.9 Å². The Morgan fingerprint density at radius 1 is 1.21 bits per heavy atom. The van der Waals surface area contributed by atoms with Crippen molar-refractivity contribution in [2.24, 2.45) is 11.8 Å². The SMILES string of the molecule is COc1ccccc1C(Cn1c(=O)n(C(C)(C)C(=O)O)c(=O)c2c(C)c(-c3ncco3)sc21)O[C@H]1C[C@H]2CC(F)C[C@H]2C1. The fourth-order valence-electron chi connectivity index (χ4n) is 6.78. The summed E-state index contributed by atoms with van der Waals surface area (Å²) in [7, 11) is 1.56. The highest BCUT2D eigenvalue weighted by atomic mass is 32.1. The first-order chi connectivity index (χ1) is 20.5. The van der Waals surface area contributed by atoms with Gasteiger partial charge in [0.2, 0.25) is 5.89 Å². The molecule has 5 atom stereocenters. The van der Waals surface area contributed by atoms with Gasteiger partial charge in [-0.25, -0.2) is 23.5 Å². The zero-order valence-electron chi connectivity index (χ0n) is 24.4. The number of fused-ring (bicyclic) bond motifs is 2. The van der Waals surface area contributed by atoms with E-state index in [1.54, 1.807) is 14.0 Å². The monoisotopic (exact) mass is 611 g/mol. The van der Waals surface area contributed by atoms with Crippen LogP contribution in [-0.4, -0.2) is 44.6 Å².